The lowest BCUT2D eigenvalue weighted by Gasteiger charge is -2.22. The van der Waals surface area contributed by atoms with Crippen LogP contribution < -0.4 is 5.73 Å². The molecule has 0 aromatic heterocycles. The number of hydrogen-bond donors (Lipinski definition) is 3. The van der Waals surface area contributed by atoms with Crippen molar-refractivity contribution in [1.29, 1.82) is 5.26 Å². The van der Waals surface area contributed by atoms with Crippen molar-refractivity contribution in [2.45, 2.75) is 12.0 Å². The number of nitrogens with two attached hydrogens (primary N) is 1. The zero-order valence-electron chi connectivity index (χ0n) is 7.75. The van der Waals surface area contributed by atoms with E-state index in [1.54, 1.807) is 0 Å². The Kier molecular flexibility index (Phi) is 1.79. The highest BCUT2D eigenvalue weighted by molar-refractivity contribution is 5.85. The molecule has 0 bridgehead atoms. The SMILES string of the molecule is N#C[C@H]1C[C@](N)(C(=O)O)[C@@H]2[C@H](C(=O)O)[C@H]21. The molecule has 4 N–H and O–H groups in total. The zero-order chi connectivity index (χ0) is 11.4. The van der Waals surface area contributed by atoms with Crippen molar-refractivity contribution < 1.29 is 19.8 Å². The number of fused-ring (bicyclic) bond motifs is 1. The Balaban J connectivity index is 2.31. The number of nitrogens with zero attached hydrogens (tertiary/aromatic N) is 1. The molecule has 15 heavy (non-hydrogen) atoms. The molecule has 0 aliphatic heterocycles. The van der Waals surface area contributed by atoms with E-state index in [2.05, 4.69) is 0 Å². The van der Waals surface area contributed by atoms with Gasteiger partial charge in [-0.25, -0.2) is 0 Å². The van der Waals surface area contributed by atoms with Gasteiger partial charge in [0, 0.05) is 5.92 Å². The highest BCUT2D eigenvalue weighted by atomic mass is 16.4. The van der Waals surface area contributed by atoms with Gasteiger partial charge in [0.15, 0.2) is 0 Å². The Hall–Kier alpha value is -1.61. The van der Waals surface area contributed by atoms with Crippen molar-refractivity contribution in [2.75, 3.05) is 0 Å². The van der Waals surface area contributed by atoms with Crippen LogP contribution in [0.4, 0.5) is 0 Å². The first kappa shape index (κ1) is 9.93. The lowest BCUT2D eigenvalue weighted by atomic mass is 9.88. The molecule has 2 aliphatic rings. The summed E-state index contributed by atoms with van der Waals surface area (Å²) in [6.07, 6.45) is 0.0535. The van der Waals surface area contributed by atoms with Crippen LogP contribution in [0.5, 0.6) is 0 Å². The number of carboxylic acid groups (broad SMARTS) is 2. The normalized spacial score (nSPS) is 46.7. The van der Waals surface area contributed by atoms with Gasteiger partial charge < -0.3 is 15.9 Å². The zero-order valence-corrected chi connectivity index (χ0v) is 7.75. The van der Waals surface area contributed by atoms with Crippen molar-refractivity contribution in [3.05, 3.63) is 0 Å². The van der Waals surface area contributed by atoms with Crippen LogP contribution in [0.15, 0.2) is 0 Å². The van der Waals surface area contributed by atoms with Crippen LogP contribution in [-0.4, -0.2) is 27.7 Å². The minimum atomic E-state index is -1.53. The lowest BCUT2D eigenvalue weighted by Crippen LogP contribution is -2.50. The molecular formula is C9H10N2O4. The summed E-state index contributed by atoms with van der Waals surface area (Å²) in [5.74, 6) is -4.53. The second-order valence-electron chi connectivity index (χ2n) is 4.25. The lowest BCUT2D eigenvalue weighted by molar-refractivity contribution is -0.145. The van der Waals surface area contributed by atoms with Crippen LogP contribution >= 0.6 is 0 Å². The van der Waals surface area contributed by atoms with Crippen LogP contribution in [-0.2, 0) is 9.59 Å². The second-order valence-corrected chi connectivity index (χ2v) is 4.25. The molecule has 2 aliphatic carbocycles. The summed E-state index contributed by atoms with van der Waals surface area (Å²) in [4.78, 5) is 21.8. The highest BCUT2D eigenvalue weighted by Crippen LogP contribution is 2.64. The maximum absolute atomic E-state index is 11.0. The molecule has 2 rings (SSSR count). The molecule has 0 unspecified atom stereocenters. The molecule has 5 atom stereocenters. The predicted octanol–water partition coefficient (Wildman–Crippen LogP) is -0.741. The van der Waals surface area contributed by atoms with Gasteiger partial charge in [0.25, 0.3) is 0 Å². The molecule has 0 saturated heterocycles. The van der Waals surface area contributed by atoms with Gasteiger partial charge in [-0.1, -0.05) is 0 Å². The fourth-order valence-electron chi connectivity index (χ4n) is 2.81. The summed E-state index contributed by atoms with van der Waals surface area (Å²) in [6.45, 7) is 0. The van der Waals surface area contributed by atoms with E-state index >= 15 is 0 Å². The minimum absolute atomic E-state index is 0.0535. The number of carboxylic acids is 2. The van der Waals surface area contributed by atoms with E-state index < -0.39 is 35.2 Å². The van der Waals surface area contributed by atoms with Gasteiger partial charge in [0.05, 0.1) is 17.9 Å². The second kappa shape index (κ2) is 2.70. The summed E-state index contributed by atoms with van der Waals surface area (Å²) in [6, 6.07) is 1.94. The average molecular weight is 210 g/mol. The maximum atomic E-state index is 11.0. The molecule has 6 nitrogen and oxygen atoms in total. The molecular weight excluding hydrogens is 200 g/mol. The van der Waals surface area contributed by atoms with Gasteiger partial charge in [-0.05, 0) is 12.3 Å². The topological polar surface area (TPSA) is 124 Å². The first-order valence-corrected chi connectivity index (χ1v) is 4.58. The van der Waals surface area contributed by atoms with Crippen molar-refractivity contribution in [1.82, 2.24) is 0 Å². The number of rotatable bonds is 2. The number of aliphatic carboxylic acids is 2. The van der Waals surface area contributed by atoms with E-state index in [0.717, 1.165) is 0 Å². The van der Waals surface area contributed by atoms with E-state index in [1.165, 1.54) is 0 Å². The van der Waals surface area contributed by atoms with E-state index in [4.69, 9.17) is 21.2 Å². The Morgan fingerprint density at radius 1 is 1.47 bits per heavy atom. The molecule has 2 saturated carbocycles. The molecule has 0 spiro atoms. The smallest absolute Gasteiger partial charge is 0.324 e. The minimum Gasteiger partial charge on any atom is -0.481 e. The third kappa shape index (κ3) is 1.07. The third-order valence-electron chi connectivity index (χ3n) is 3.54. The molecule has 0 heterocycles. The maximum Gasteiger partial charge on any atom is 0.324 e. The van der Waals surface area contributed by atoms with Gasteiger partial charge in [-0.3, -0.25) is 9.59 Å². The summed E-state index contributed by atoms with van der Waals surface area (Å²) >= 11 is 0. The predicted molar refractivity (Wildman–Crippen MR) is 46.4 cm³/mol. The fourth-order valence-corrected chi connectivity index (χ4v) is 2.81. The summed E-state index contributed by atoms with van der Waals surface area (Å²) in [5, 5.41) is 26.6. The third-order valence-corrected chi connectivity index (χ3v) is 3.54. The quantitative estimate of drug-likeness (QED) is 0.551. The monoisotopic (exact) mass is 210 g/mol. The largest absolute Gasteiger partial charge is 0.481 e. The number of nitriles is 1. The van der Waals surface area contributed by atoms with Crippen LogP contribution in [0.2, 0.25) is 0 Å². The van der Waals surface area contributed by atoms with Crippen molar-refractivity contribution in [3.63, 3.8) is 0 Å². The van der Waals surface area contributed by atoms with E-state index in [9.17, 15) is 9.59 Å². The Bertz CT molecular complexity index is 388. The highest BCUT2D eigenvalue weighted by Gasteiger charge is 2.74. The summed E-state index contributed by atoms with van der Waals surface area (Å²) < 4.78 is 0. The summed E-state index contributed by atoms with van der Waals surface area (Å²) in [5.41, 5.74) is 4.13. The van der Waals surface area contributed by atoms with Gasteiger partial charge >= 0.3 is 11.9 Å². The van der Waals surface area contributed by atoms with Gasteiger partial charge in [0.2, 0.25) is 0 Å². The van der Waals surface area contributed by atoms with Crippen LogP contribution in [0.3, 0.4) is 0 Å². The molecule has 6 heteroatoms. The van der Waals surface area contributed by atoms with Crippen molar-refractivity contribution >= 4 is 11.9 Å². The van der Waals surface area contributed by atoms with Crippen molar-refractivity contribution in [3.8, 4) is 6.07 Å². The Labute approximate surface area is 85.3 Å². The molecule has 80 valence electrons. The Morgan fingerprint density at radius 2 is 2.07 bits per heavy atom. The van der Waals surface area contributed by atoms with Crippen molar-refractivity contribution in [2.24, 2.45) is 29.4 Å². The average Bonchev–Trinajstić information content (AvgIpc) is 2.82. The molecule has 0 aromatic carbocycles. The van der Waals surface area contributed by atoms with Crippen LogP contribution in [0.25, 0.3) is 0 Å². The first-order valence-electron chi connectivity index (χ1n) is 4.58. The van der Waals surface area contributed by atoms with Gasteiger partial charge in [-0.15, -0.1) is 0 Å². The van der Waals surface area contributed by atoms with E-state index in [0.29, 0.717) is 0 Å². The summed E-state index contributed by atoms with van der Waals surface area (Å²) in [7, 11) is 0. The molecule has 0 radical (unpaired) electrons. The molecule has 0 aromatic rings. The standard InChI is InChI=1S/C9H10N2O4/c10-2-3-1-9(11,8(14)15)6-4(3)5(6)7(12)13/h3-6H,1,11H2,(H,12,13)(H,14,15)/t3-,4-,5-,6+,9-/m1/s1. The molecule has 0 amide bonds. The Morgan fingerprint density at radius 3 is 2.47 bits per heavy atom. The number of carbonyl (C=O) groups is 2. The molecule has 2 fully saturated rings. The number of hydrogen-bond acceptors (Lipinski definition) is 4. The van der Waals surface area contributed by atoms with Gasteiger partial charge in [0.1, 0.15) is 5.54 Å². The first-order chi connectivity index (χ1) is 6.93. The van der Waals surface area contributed by atoms with Crippen LogP contribution in [0.1, 0.15) is 6.42 Å². The van der Waals surface area contributed by atoms with Crippen LogP contribution in [0, 0.1) is 35.0 Å². The fraction of sp³-hybridized carbons (Fsp3) is 0.667. The van der Waals surface area contributed by atoms with Gasteiger partial charge in [-0.2, -0.15) is 5.26 Å². The van der Waals surface area contributed by atoms with E-state index in [-0.39, 0.29) is 12.3 Å². The van der Waals surface area contributed by atoms with E-state index in [1.807, 2.05) is 6.07 Å².